The lowest BCUT2D eigenvalue weighted by atomic mass is 10.2. The van der Waals surface area contributed by atoms with E-state index in [4.69, 9.17) is 5.73 Å². The molecule has 0 fully saturated rings. The van der Waals surface area contributed by atoms with Crippen molar-refractivity contribution in [2.75, 3.05) is 17.7 Å². The predicted molar refractivity (Wildman–Crippen MR) is 84.2 cm³/mol. The first-order chi connectivity index (χ1) is 9.40. The van der Waals surface area contributed by atoms with Crippen molar-refractivity contribution in [3.63, 3.8) is 0 Å². The maximum Gasteiger partial charge on any atom is 0.137 e. The van der Waals surface area contributed by atoms with E-state index >= 15 is 0 Å². The maximum absolute atomic E-state index is 6.01. The molecular weight excluding hydrogens is 270 g/mol. The molecule has 0 unspecified atom stereocenters. The third kappa shape index (κ3) is 2.90. The van der Waals surface area contributed by atoms with Crippen molar-refractivity contribution in [2.45, 2.75) is 40.2 Å². The predicted octanol–water partition coefficient (Wildman–Crippen LogP) is 2.89. The van der Waals surface area contributed by atoms with Crippen LogP contribution in [0.5, 0.6) is 0 Å². The molecule has 2 rings (SSSR count). The minimum absolute atomic E-state index is 0.259. The van der Waals surface area contributed by atoms with Crippen LogP contribution < -0.4 is 10.6 Å². The zero-order valence-corrected chi connectivity index (χ0v) is 13.5. The van der Waals surface area contributed by atoms with Gasteiger partial charge < -0.3 is 10.6 Å². The van der Waals surface area contributed by atoms with Crippen molar-refractivity contribution in [3.8, 4) is 0 Å². The summed E-state index contributed by atoms with van der Waals surface area (Å²) in [6.45, 7) is 8.92. The van der Waals surface area contributed by atoms with E-state index < -0.39 is 0 Å². The maximum atomic E-state index is 6.01. The van der Waals surface area contributed by atoms with E-state index in [9.17, 15) is 0 Å². The average Bonchev–Trinajstić information content (AvgIpc) is 2.77. The standard InChI is InChI=1S/C14H21N5S/c1-8(2)13-17-12(15)9(3)14(18-13)19(5)6-11-10(4)16-7-20-11/h7-8H,6H2,1-5H3,(H2,15,17,18). The fourth-order valence-electron chi connectivity index (χ4n) is 1.94. The SMILES string of the molecule is Cc1ncsc1CN(C)c1nc(C(C)C)nc(N)c1C. The molecule has 0 aliphatic heterocycles. The molecule has 0 saturated heterocycles. The van der Waals surface area contributed by atoms with Crippen molar-refractivity contribution in [3.05, 3.63) is 27.5 Å². The lowest BCUT2D eigenvalue weighted by Crippen LogP contribution is -2.21. The van der Waals surface area contributed by atoms with Gasteiger partial charge in [0.1, 0.15) is 17.5 Å². The van der Waals surface area contributed by atoms with Gasteiger partial charge in [0.15, 0.2) is 0 Å². The molecule has 0 atom stereocenters. The fraction of sp³-hybridized carbons (Fsp3) is 0.500. The van der Waals surface area contributed by atoms with Gasteiger partial charge in [-0.1, -0.05) is 13.8 Å². The van der Waals surface area contributed by atoms with Gasteiger partial charge in [0.05, 0.1) is 17.7 Å². The van der Waals surface area contributed by atoms with Gasteiger partial charge in [-0.25, -0.2) is 15.0 Å². The third-order valence-electron chi connectivity index (χ3n) is 3.28. The topological polar surface area (TPSA) is 67.9 Å². The quantitative estimate of drug-likeness (QED) is 0.938. The molecular formula is C14H21N5S. The van der Waals surface area contributed by atoms with Crippen LogP contribution in [-0.2, 0) is 6.54 Å². The van der Waals surface area contributed by atoms with Crippen molar-refractivity contribution >= 4 is 23.0 Å². The number of hydrogen-bond acceptors (Lipinski definition) is 6. The molecule has 108 valence electrons. The van der Waals surface area contributed by atoms with Crippen LogP contribution in [0.2, 0.25) is 0 Å². The molecule has 0 aliphatic rings. The normalized spacial score (nSPS) is 11.1. The van der Waals surface area contributed by atoms with Crippen molar-refractivity contribution in [1.82, 2.24) is 15.0 Å². The Morgan fingerprint density at radius 2 is 2.00 bits per heavy atom. The van der Waals surface area contributed by atoms with Crippen LogP contribution in [0.25, 0.3) is 0 Å². The summed E-state index contributed by atoms with van der Waals surface area (Å²) < 4.78 is 0. The number of aryl methyl sites for hydroxylation is 1. The minimum Gasteiger partial charge on any atom is -0.383 e. The van der Waals surface area contributed by atoms with Crippen LogP contribution >= 0.6 is 11.3 Å². The van der Waals surface area contributed by atoms with Gasteiger partial charge >= 0.3 is 0 Å². The van der Waals surface area contributed by atoms with Crippen molar-refractivity contribution in [2.24, 2.45) is 0 Å². The van der Waals surface area contributed by atoms with E-state index in [1.807, 2.05) is 26.4 Å². The van der Waals surface area contributed by atoms with Crippen molar-refractivity contribution in [1.29, 1.82) is 0 Å². The van der Waals surface area contributed by atoms with Gasteiger partial charge in [0.25, 0.3) is 0 Å². The highest BCUT2D eigenvalue weighted by Crippen LogP contribution is 2.25. The highest BCUT2D eigenvalue weighted by atomic mass is 32.1. The zero-order chi connectivity index (χ0) is 14.9. The number of rotatable bonds is 4. The molecule has 0 aromatic carbocycles. The first-order valence-electron chi connectivity index (χ1n) is 6.64. The fourth-order valence-corrected chi connectivity index (χ4v) is 2.77. The lowest BCUT2D eigenvalue weighted by molar-refractivity contribution is 0.761. The van der Waals surface area contributed by atoms with E-state index in [-0.39, 0.29) is 5.92 Å². The highest BCUT2D eigenvalue weighted by molar-refractivity contribution is 7.09. The smallest absolute Gasteiger partial charge is 0.137 e. The number of nitrogens with two attached hydrogens (primary N) is 1. The number of anilines is 2. The number of nitrogen functional groups attached to an aromatic ring is 1. The molecule has 5 nitrogen and oxygen atoms in total. The molecule has 0 aliphatic carbocycles. The van der Waals surface area contributed by atoms with Gasteiger partial charge in [-0.05, 0) is 13.8 Å². The summed E-state index contributed by atoms with van der Waals surface area (Å²) in [5.74, 6) is 2.51. The van der Waals surface area contributed by atoms with Crippen LogP contribution in [0, 0.1) is 13.8 Å². The molecule has 0 bridgehead atoms. The molecule has 2 aromatic heterocycles. The average molecular weight is 291 g/mol. The molecule has 2 N–H and O–H groups in total. The Labute approximate surface area is 123 Å². The van der Waals surface area contributed by atoms with E-state index in [1.165, 1.54) is 4.88 Å². The molecule has 2 aromatic rings. The second-order valence-electron chi connectivity index (χ2n) is 5.29. The zero-order valence-electron chi connectivity index (χ0n) is 12.6. The molecule has 20 heavy (non-hydrogen) atoms. The van der Waals surface area contributed by atoms with Gasteiger partial charge in [-0.3, -0.25) is 0 Å². The third-order valence-corrected chi connectivity index (χ3v) is 4.20. The van der Waals surface area contributed by atoms with Crippen LogP contribution in [0.3, 0.4) is 0 Å². The molecule has 2 heterocycles. The summed E-state index contributed by atoms with van der Waals surface area (Å²) in [6.07, 6.45) is 0. The summed E-state index contributed by atoms with van der Waals surface area (Å²) in [7, 11) is 2.03. The molecule has 6 heteroatoms. The Morgan fingerprint density at radius 1 is 1.30 bits per heavy atom. The largest absolute Gasteiger partial charge is 0.383 e. The first kappa shape index (κ1) is 14.7. The van der Waals surface area contributed by atoms with E-state index in [0.717, 1.165) is 29.4 Å². The second-order valence-corrected chi connectivity index (χ2v) is 6.23. The van der Waals surface area contributed by atoms with E-state index in [2.05, 4.69) is 33.7 Å². The minimum atomic E-state index is 0.259. The number of thiazole rings is 1. The van der Waals surface area contributed by atoms with Crippen LogP contribution in [-0.4, -0.2) is 22.0 Å². The lowest BCUT2D eigenvalue weighted by Gasteiger charge is -2.21. The first-order valence-corrected chi connectivity index (χ1v) is 7.52. The monoisotopic (exact) mass is 291 g/mol. The van der Waals surface area contributed by atoms with E-state index in [0.29, 0.717) is 5.82 Å². The Kier molecular flexibility index (Phi) is 4.23. The van der Waals surface area contributed by atoms with Crippen molar-refractivity contribution < 1.29 is 0 Å². The Balaban J connectivity index is 2.33. The summed E-state index contributed by atoms with van der Waals surface area (Å²) >= 11 is 1.67. The van der Waals surface area contributed by atoms with Crippen LogP contribution in [0.4, 0.5) is 11.6 Å². The summed E-state index contributed by atoms with van der Waals surface area (Å²) in [5, 5.41) is 0. The summed E-state index contributed by atoms with van der Waals surface area (Å²) in [6, 6.07) is 0. The molecule has 0 amide bonds. The van der Waals surface area contributed by atoms with Crippen LogP contribution in [0.1, 0.15) is 41.7 Å². The number of aromatic nitrogens is 3. The second kappa shape index (κ2) is 5.75. The Morgan fingerprint density at radius 3 is 2.55 bits per heavy atom. The van der Waals surface area contributed by atoms with Gasteiger partial charge in [0, 0.05) is 23.4 Å². The highest BCUT2D eigenvalue weighted by Gasteiger charge is 2.15. The van der Waals surface area contributed by atoms with Gasteiger partial charge in [-0.15, -0.1) is 11.3 Å². The van der Waals surface area contributed by atoms with E-state index in [1.54, 1.807) is 11.3 Å². The summed E-state index contributed by atoms with van der Waals surface area (Å²) in [5.41, 5.74) is 9.89. The van der Waals surface area contributed by atoms with Gasteiger partial charge in [0.2, 0.25) is 0 Å². The molecule has 0 radical (unpaired) electrons. The van der Waals surface area contributed by atoms with Gasteiger partial charge in [-0.2, -0.15) is 0 Å². The molecule has 0 saturated carbocycles. The Bertz CT molecular complexity index is 606. The number of hydrogen-bond donors (Lipinski definition) is 1. The van der Waals surface area contributed by atoms with Crippen LogP contribution in [0.15, 0.2) is 5.51 Å². The molecule has 0 spiro atoms. The summed E-state index contributed by atoms with van der Waals surface area (Å²) in [4.78, 5) is 16.7. The Hall–Kier alpha value is -1.69. The number of nitrogens with zero attached hydrogens (tertiary/aromatic N) is 4.